The molecule has 2 atom stereocenters. The Morgan fingerprint density at radius 2 is 1.63 bits per heavy atom. The van der Waals surface area contributed by atoms with E-state index in [0.29, 0.717) is 23.1 Å². The van der Waals surface area contributed by atoms with Gasteiger partial charge < -0.3 is 16.0 Å². The van der Waals surface area contributed by atoms with Crippen LogP contribution in [0.25, 0.3) is 0 Å². The van der Waals surface area contributed by atoms with Crippen LogP contribution in [0.15, 0.2) is 23.0 Å². The van der Waals surface area contributed by atoms with Crippen LogP contribution in [0.1, 0.15) is 97.9 Å². The number of hydrogen-bond donors (Lipinski definition) is 3. The molecule has 1 unspecified atom stereocenters. The highest BCUT2D eigenvalue weighted by atomic mass is 19.4. The first-order chi connectivity index (χ1) is 19.7. The Balaban J connectivity index is 1.17. The van der Waals surface area contributed by atoms with Gasteiger partial charge in [0.15, 0.2) is 5.69 Å². The number of nitrogens with zero attached hydrogens (tertiary/aromatic N) is 3. The minimum absolute atomic E-state index is 0.0153. The second kappa shape index (κ2) is 11.1. The highest BCUT2D eigenvalue weighted by molar-refractivity contribution is 6.00. The van der Waals surface area contributed by atoms with Crippen LogP contribution in [0.3, 0.4) is 0 Å². The summed E-state index contributed by atoms with van der Waals surface area (Å²) in [6, 6.07) is 2.05. The first-order valence-corrected chi connectivity index (χ1v) is 14.4. The number of hydrogen-bond acceptors (Lipinski definition) is 7. The maximum Gasteiger partial charge on any atom is 0.389 e. The molecule has 3 amide bonds. The number of halogens is 3. The van der Waals surface area contributed by atoms with E-state index in [-0.39, 0.29) is 29.3 Å². The number of carbonyl (C=O) groups excluding carboxylic acids is 3. The molecule has 3 N–H and O–H groups in total. The van der Waals surface area contributed by atoms with Crippen LogP contribution in [0, 0.1) is 23.7 Å². The van der Waals surface area contributed by atoms with Crippen molar-refractivity contribution < 1.29 is 32.2 Å². The molecule has 0 saturated heterocycles. The SMILES string of the molecule is O=C(CCC(F)(F)F)NC(c1ccnc(NC(=O)[C@@H](NC(=O)c2nonc2C2CC2)C(C2CC2)C2CC2)c1)C1CC1. The van der Waals surface area contributed by atoms with E-state index in [1.54, 1.807) is 12.1 Å². The van der Waals surface area contributed by atoms with Crippen LogP contribution in [-0.4, -0.2) is 45.2 Å². The van der Waals surface area contributed by atoms with E-state index in [1.165, 1.54) is 6.20 Å². The maximum atomic E-state index is 13.7. The number of rotatable bonds is 13. The van der Waals surface area contributed by atoms with Crippen LogP contribution in [-0.2, 0) is 9.59 Å². The van der Waals surface area contributed by atoms with Crippen LogP contribution >= 0.6 is 0 Å². The molecule has 4 aliphatic rings. The average molecular weight is 575 g/mol. The zero-order valence-corrected chi connectivity index (χ0v) is 22.5. The normalized spacial score (nSPS) is 20.4. The lowest BCUT2D eigenvalue weighted by Gasteiger charge is -2.27. The third-order valence-electron chi connectivity index (χ3n) is 8.42. The first-order valence-electron chi connectivity index (χ1n) is 14.4. The lowest BCUT2D eigenvalue weighted by Crippen LogP contribution is -2.50. The minimum Gasteiger partial charge on any atom is -0.349 e. The molecule has 0 aromatic carbocycles. The summed E-state index contributed by atoms with van der Waals surface area (Å²) >= 11 is 0. The summed E-state index contributed by atoms with van der Waals surface area (Å²) in [6.45, 7) is 0. The molecule has 0 aliphatic heterocycles. The van der Waals surface area contributed by atoms with Crippen molar-refractivity contribution in [3.8, 4) is 0 Å². The van der Waals surface area contributed by atoms with Crippen molar-refractivity contribution in [2.75, 3.05) is 5.32 Å². The Kier molecular flexibility index (Phi) is 7.45. The topological polar surface area (TPSA) is 139 Å². The van der Waals surface area contributed by atoms with E-state index in [9.17, 15) is 27.6 Å². The molecule has 0 bridgehead atoms. The predicted molar refractivity (Wildman–Crippen MR) is 138 cm³/mol. The van der Waals surface area contributed by atoms with Crippen LogP contribution in [0.5, 0.6) is 0 Å². The van der Waals surface area contributed by atoms with Crippen molar-refractivity contribution in [2.45, 2.75) is 88.4 Å². The Morgan fingerprint density at radius 3 is 2.24 bits per heavy atom. The largest absolute Gasteiger partial charge is 0.389 e. The molecule has 2 aromatic heterocycles. The number of aromatic nitrogens is 3. The average Bonchev–Trinajstić information content (AvgIpc) is 3.73. The number of anilines is 1. The van der Waals surface area contributed by atoms with Crippen molar-refractivity contribution in [1.29, 1.82) is 0 Å². The second-order valence-electron chi connectivity index (χ2n) is 11.9. The molecule has 4 fully saturated rings. The van der Waals surface area contributed by atoms with Crippen LogP contribution in [0.2, 0.25) is 0 Å². The summed E-state index contributed by atoms with van der Waals surface area (Å²) in [5, 5.41) is 16.3. The Hall–Kier alpha value is -3.51. The molecule has 13 heteroatoms. The Morgan fingerprint density at radius 1 is 0.951 bits per heavy atom. The molecule has 10 nitrogen and oxygen atoms in total. The Labute approximate surface area is 234 Å². The molecule has 0 spiro atoms. The maximum absolute atomic E-state index is 13.7. The monoisotopic (exact) mass is 574 g/mol. The Bertz CT molecular complexity index is 1290. The van der Waals surface area contributed by atoms with Gasteiger partial charge in [0, 0.05) is 18.5 Å². The number of nitrogens with one attached hydrogen (secondary N) is 3. The van der Waals surface area contributed by atoms with Crippen molar-refractivity contribution in [2.24, 2.45) is 23.7 Å². The van der Waals surface area contributed by atoms with Gasteiger partial charge in [-0.2, -0.15) is 13.2 Å². The zero-order chi connectivity index (χ0) is 28.7. The van der Waals surface area contributed by atoms with Gasteiger partial charge in [-0.15, -0.1) is 0 Å². The lowest BCUT2D eigenvalue weighted by molar-refractivity contribution is -0.144. The number of carbonyl (C=O) groups is 3. The molecule has 4 aliphatic carbocycles. The van der Waals surface area contributed by atoms with E-state index in [1.807, 2.05) is 0 Å². The first kappa shape index (κ1) is 27.6. The molecule has 4 saturated carbocycles. The van der Waals surface area contributed by atoms with Crippen LogP contribution < -0.4 is 16.0 Å². The van der Waals surface area contributed by atoms with E-state index in [2.05, 4.69) is 31.2 Å². The fourth-order valence-electron chi connectivity index (χ4n) is 5.73. The van der Waals surface area contributed by atoms with E-state index >= 15 is 0 Å². The van der Waals surface area contributed by atoms with Crippen LogP contribution in [0.4, 0.5) is 19.0 Å². The van der Waals surface area contributed by atoms with Gasteiger partial charge in [-0.3, -0.25) is 14.4 Å². The highest BCUT2D eigenvalue weighted by Gasteiger charge is 2.49. The van der Waals surface area contributed by atoms with Crippen molar-refractivity contribution >= 4 is 23.5 Å². The number of alkyl halides is 3. The third-order valence-corrected chi connectivity index (χ3v) is 8.42. The predicted octanol–water partition coefficient (Wildman–Crippen LogP) is 4.43. The number of amides is 3. The molecule has 2 aromatic rings. The zero-order valence-electron chi connectivity index (χ0n) is 22.5. The summed E-state index contributed by atoms with van der Waals surface area (Å²) < 4.78 is 42.7. The molecule has 220 valence electrons. The fourth-order valence-corrected chi connectivity index (χ4v) is 5.73. The molecule has 41 heavy (non-hydrogen) atoms. The molecular weight excluding hydrogens is 541 g/mol. The minimum atomic E-state index is -4.41. The van der Waals surface area contributed by atoms with Gasteiger partial charge >= 0.3 is 6.18 Å². The highest BCUT2D eigenvalue weighted by Crippen LogP contribution is 2.51. The standard InChI is InChI=1S/C28H33F3N6O4/c29-28(30,31)11-9-20(38)34-22(16-5-6-16)18-10-12-32-19(13-18)33-26(39)24(21(14-1-2-14)15-3-4-15)35-27(40)25-23(17-7-8-17)36-41-37-25/h10,12-17,21-22,24H,1-9,11H2,(H,34,38)(H,35,40)(H,32,33,39)/t22?,24-/m0/s1. The number of pyridine rings is 1. The van der Waals surface area contributed by atoms with Gasteiger partial charge in [0.2, 0.25) is 11.8 Å². The summed E-state index contributed by atoms with van der Waals surface area (Å²) in [4.78, 5) is 43.6. The van der Waals surface area contributed by atoms with Gasteiger partial charge in [0.1, 0.15) is 17.6 Å². The summed E-state index contributed by atoms with van der Waals surface area (Å²) in [5.41, 5.74) is 1.29. The molecule has 6 rings (SSSR count). The summed E-state index contributed by atoms with van der Waals surface area (Å²) in [6.07, 6.45) is 2.79. The van der Waals surface area contributed by atoms with E-state index < -0.39 is 48.8 Å². The van der Waals surface area contributed by atoms with Gasteiger partial charge in [-0.1, -0.05) is 5.16 Å². The fraction of sp³-hybridized carbons (Fsp3) is 0.643. The van der Waals surface area contributed by atoms with Gasteiger partial charge in [-0.05, 0) is 97.9 Å². The van der Waals surface area contributed by atoms with Gasteiger partial charge in [-0.25, -0.2) is 9.61 Å². The van der Waals surface area contributed by atoms with Gasteiger partial charge in [0.25, 0.3) is 5.91 Å². The van der Waals surface area contributed by atoms with E-state index in [4.69, 9.17) is 4.63 Å². The van der Waals surface area contributed by atoms with Crippen molar-refractivity contribution in [3.63, 3.8) is 0 Å². The molecule has 2 heterocycles. The third kappa shape index (κ3) is 7.05. The van der Waals surface area contributed by atoms with E-state index in [0.717, 1.165) is 51.4 Å². The second-order valence-corrected chi connectivity index (χ2v) is 11.9. The lowest BCUT2D eigenvalue weighted by atomic mass is 9.88. The molecule has 0 radical (unpaired) electrons. The molecular formula is C28H33F3N6O4. The smallest absolute Gasteiger partial charge is 0.349 e. The van der Waals surface area contributed by atoms with Crippen molar-refractivity contribution in [3.05, 3.63) is 35.3 Å². The van der Waals surface area contributed by atoms with Gasteiger partial charge in [0.05, 0.1) is 12.5 Å². The quantitative estimate of drug-likeness (QED) is 0.322. The summed E-state index contributed by atoms with van der Waals surface area (Å²) in [5.74, 6) is -0.373. The van der Waals surface area contributed by atoms with Crippen molar-refractivity contribution in [1.82, 2.24) is 25.9 Å². The summed E-state index contributed by atoms with van der Waals surface area (Å²) in [7, 11) is 0.